The van der Waals surface area contributed by atoms with E-state index in [9.17, 15) is 4.79 Å². The number of benzene rings is 1. The minimum Gasteiger partial charge on any atom is -0.465 e. The molecule has 25 heavy (non-hydrogen) atoms. The highest BCUT2D eigenvalue weighted by atomic mass is 16.7. The van der Waals surface area contributed by atoms with Gasteiger partial charge in [0.2, 0.25) is 0 Å². The minimum absolute atomic E-state index is 0.352. The zero-order chi connectivity index (χ0) is 18.8. The van der Waals surface area contributed by atoms with Crippen LogP contribution in [0.2, 0.25) is 0 Å². The number of likely N-dealkylation sites (N-methyl/N-ethyl adjacent to an activating group) is 1. The Bertz CT molecular complexity index is 670. The molecule has 0 aliphatic carbocycles. The van der Waals surface area contributed by atoms with Gasteiger partial charge in [-0.1, -0.05) is 12.1 Å². The maximum Gasteiger partial charge on any atom is 0.491 e. The Labute approximate surface area is 149 Å². The molecule has 136 valence electrons. The summed E-state index contributed by atoms with van der Waals surface area (Å²) in [6.45, 7) is 8.69. The van der Waals surface area contributed by atoms with Gasteiger partial charge in [0, 0.05) is 12.2 Å². The summed E-state index contributed by atoms with van der Waals surface area (Å²) in [5.74, 6) is -0.450. The van der Waals surface area contributed by atoms with Crippen molar-refractivity contribution in [2.45, 2.75) is 38.9 Å². The number of nitrogens with one attached hydrogen (secondary N) is 1. The Morgan fingerprint density at radius 2 is 1.88 bits per heavy atom. The fourth-order valence-electron chi connectivity index (χ4n) is 2.58. The van der Waals surface area contributed by atoms with Gasteiger partial charge in [0.15, 0.2) is 0 Å². The van der Waals surface area contributed by atoms with Crippen LogP contribution in [-0.2, 0) is 14.0 Å². The first-order valence-electron chi connectivity index (χ1n) is 8.30. The zero-order valence-electron chi connectivity index (χ0n) is 15.8. The highest BCUT2D eigenvalue weighted by molar-refractivity contribution is 6.55. The van der Waals surface area contributed by atoms with E-state index in [1.54, 1.807) is 12.1 Å². The number of hydrogen-bond donors (Lipinski definition) is 2. The maximum atomic E-state index is 11.7. The normalized spacial score (nSPS) is 19.1. The van der Waals surface area contributed by atoms with Crippen LogP contribution >= 0.6 is 0 Å². The third kappa shape index (κ3) is 4.06. The summed E-state index contributed by atoms with van der Waals surface area (Å²) >= 11 is 0. The molecular weight excluding hydrogens is 319 g/mol. The number of anilines is 1. The molecule has 1 aromatic carbocycles. The standard InChI is InChI=1S/C18H27BN2O4/c1-17(2)18(3,4)25-19(24-17)13(11-21-5)9-12-7-8-14(15(20)10-12)16(22)23-6/h7-10,21H,11,20H2,1-6H3. The average molecular weight is 346 g/mol. The molecule has 1 aliphatic rings. The van der Waals surface area contributed by atoms with Crippen molar-refractivity contribution in [3.8, 4) is 0 Å². The van der Waals surface area contributed by atoms with Gasteiger partial charge in [-0.2, -0.15) is 0 Å². The molecule has 6 nitrogen and oxygen atoms in total. The second kappa shape index (κ2) is 7.19. The summed E-state index contributed by atoms with van der Waals surface area (Å²) in [4.78, 5) is 11.7. The molecule has 3 N–H and O–H groups in total. The van der Waals surface area contributed by atoms with Crippen LogP contribution in [0.5, 0.6) is 0 Å². The van der Waals surface area contributed by atoms with E-state index in [4.69, 9.17) is 19.8 Å². The molecular formula is C18H27BN2O4. The summed E-state index contributed by atoms with van der Waals surface area (Å²) in [7, 11) is 2.76. The summed E-state index contributed by atoms with van der Waals surface area (Å²) in [5, 5.41) is 3.14. The topological polar surface area (TPSA) is 82.8 Å². The predicted octanol–water partition coefficient (Wildman–Crippen LogP) is 2.29. The van der Waals surface area contributed by atoms with Crippen LogP contribution in [0.25, 0.3) is 6.08 Å². The molecule has 0 unspecified atom stereocenters. The lowest BCUT2D eigenvalue weighted by atomic mass is 9.77. The van der Waals surface area contributed by atoms with Gasteiger partial charge in [0.1, 0.15) is 0 Å². The molecule has 0 amide bonds. The molecule has 0 spiro atoms. The van der Waals surface area contributed by atoms with Crippen molar-refractivity contribution >= 4 is 24.9 Å². The summed E-state index contributed by atoms with van der Waals surface area (Å²) < 4.78 is 17.0. The molecule has 0 aromatic heterocycles. The number of carbonyl (C=O) groups is 1. The van der Waals surface area contributed by atoms with Gasteiger partial charge in [0.05, 0.1) is 23.9 Å². The second-order valence-electron chi connectivity index (χ2n) is 7.18. The zero-order valence-corrected chi connectivity index (χ0v) is 15.8. The molecule has 0 atom stereocenters. The van der Waals surface area contributed by atoms with Gasteiger partial charge in [0.25, 0.3) is 0 Å². The van der Waals surface area contributed by atoms with Crippen molar-refractivity contribution in [3.05, 3.63) is 34.8 Å². The summed E-state index contributed by atoms with van der Waals surface area (Å²) in [6, 6.07) is 5.23. The van der Waals surface area contributed by atoms with Crippen molar-refractivity contribution in [2.24, 2.45) is 0 Å². The Morgan fingerprint density at radius 1 is 1.28 bits per heavy atom. The van der Waals surface area contributed by atoms with Crippen molar-refractivity contribution < 1.29 is 18.8 Å². The molecule has 1 aliphatic heterocycles. The average Bonchev–Trinajstić information content (AvgIpc) is 2.74. The molecule has 2 rings (SSSR count). The predicted molar refractivity (Wildman–Crippen MR) is 100 cm³/mol. The fraction of sp³-hybridized carbons (Fsp3) is 0.500. The van der Waals surface area contributed by atoms with Crippen molar-refractivity contribution in [1.82, 2.24) is 5.32 Å². The molecule has 1 aromatic rings. The molecule has 1 fully saturated rings. The Balaban J connectivity index is 2.32. The monoisotopic (exact) mass is 346 g/mol. The van der Waals surface area contributed by atoms with Crippen LogP contribution in [0.3, 0.4) is 0 Å². The van der Waals surface area contributed by atoms with Crippen LogP contribution in [0.15, 0.2) is 23.7 Å². The van der Waals surface area contributed by atoms with Crippen LogP contribution in [-0.4, -0.2) is 45.0 Å². The van der Waals surface area contributed by atoms with E-state index >= 15 is 0 Å². The van der Waals surface area contributed by atoms with E-state index in [2.05, 4.69) is 5.32 Å². The largest absolute Gasteiger partial charge is 0.491 e. The first-order valence-corrected chi connectivity index (χ1v) is 8.30. The van der Waals surface area contributed by atoms with E-state index in [0.717, 1.165) is 11.0 Å². The molecule has 0 radical (unpaired) electrons. The van der Waals surface area contributed by atoms with Crippen molar-refractivity contribution in [1.29, 1.82) is 0 Å². The van der Waals surface area contributed by atoms with E-state index in [1.807, 2.05) is 46.9 Å². The third-order valence-electron chi connectivity index (χ3n) is 4.77. The van der Waals surface area contributed by atoms with E-state index in [1.165, 1.54) is 7.11 Å². The van der Waals surface area contributed by atoms with E-state index in [0.29, 0.717) is 17.8 Å². The highest BCUT2D eigenvalue weighted by Crippen LogP contribution is 2.38. The smallest absolute Gasteiger partial charge is 0.465 e. The highest BCUT2D eigenvalue weighted by Gasteiger charge is 2.52. The first kappa shape index (κ1) is 19.5. The lowest BCUT2D eigenvalue weighted by molar-refractivity contribution is 0.00578. The summed E-state index contributed by atoms with van der Waals surface area (Å²) in [5.41, 5.74) is 7.71. The van der Waals surface area contributed by atoms with Crippen LogP contribution in [0, 0.1) is 0 Å². The van der Waals surface area contributed by atoms with Crippen LogP contribution < -0.4 is 11.1 Å². The first-order chi connectivity index (χ1) is 11.6. The third-order valence-corrected chi connectivity index (χ3v) is 4.77. The van der Waals surface area contributed by atoms with Gasteiger partial charge < -0.3 is 25.1 Å². The molecule has 7 heteroatoms. The molecule has 1 heterocycles. The number of nitrogens with two attached hydrogens (primary N) is 1. The van der Waals surface area contributed by atoms with Gasteiger partial charge in [-0.3, -0.25) is 0 Å². The van der Waals surface area contributed by atoms with Crippen LogP contribution in [0.4, 0.5) is 5.69 Å². The van der Waals surface area contributed by atoms with Gasteiger partial charge in [-0.25, -0.2) is 4.79 Å². The number of rotatable bonds is 5. The van der Waals surface area contributed by atoms with Gasteiger partial charge in [-0.05, 0) is 57.9 Å². The fourth-order valence-corrected chi connectivity index (χ4v) is 2.58. The summed E-state index contributed by atoms with van der Waals surface area (Å²) in [6.07, 6.45) is 1.97. The lowest BCUT2D eigenvalue weighted by Crippen LogP contribution is -2.41. The number of ether oxygens (including phenoxy) is 1. The van der Waals surface area contributed by atoms with Crippen LogP contribution in [0.1, 0.15) is 43.6 Å². The number of esters is 1. The van der Waals surface area contributed by atoms with E-state index < -0.39 is 24.3 Å². The Hall–Kier alpha value is -1.83. The minimum atomic E-state index is -0.450. The Kier molecular flexibility index (Phi) is 5.61. The molecule has 0 bridgehead atoms. The molecule has 1 saturated heterocycles. The lowest BCUT2D eigenvalue weighted by Gasteiger charge is -2.32. The van der Waals surface area contributed by atoms with E-state index in [-0.39, 0.29) is 0 Å². The van der Waals surface area contributed by atoms with Gasteiger partial charge >= 0.3 is 13.1 Å². The maximum absolute atomic E-state index is 11.7. The van der Waals surface area contributed by atoms with Crippen molar-refractivity contribution in [3.63, 3.8) is 0 Å². The van der Waals surface area contributed by atoms with Crippen molar-refractivity contribution in [2.75, 3.05) is 26.4 Å². The quantitative estimate of drug-likeness (QED) is 0.484. The van der Waals surface area contributed by atoms with Gasteiger partial charge in [-0.15, -0.1) is 0 Å². The number of hydrogen-bond acceptors (Lipinski definition) is 6. The number of carbonyl (C=O) groups excluding carboxylic acids is 1. The molecule has 0 saturated carbocycles. The SMILES string of the molecule is CNCC(=Cc1ccc(C(=O)OC)c(N)c1)B1OC(C)(C)C(C)(C)O1. The number of methoxy groups -OCH3 is 1. The Morgan fingerprint density at radius 3 is 2.36 bits per heavy atom. The second-order valence-corrected chi connectivity index (χ2v) is 7.18. The number of nitrogen functional groups attached to an aromatic ring is 1.